The molecule has 1 aliphatic heterocycles. The molecule has 1 amide bonds. The first-order valence-electron chi connectivity index (χ1n) is 7.24. The Morgan fingerprint density at radius 2 is 2.00 bits per heavy atom. The van der Waals surface area contributed by atoms with E-state index in [4.69, 9.17) is 5.26 Å². The van der Waals surface area contributed by atoms with Crippen LogP contribution >= 0.6 is 0 Å². The second-order valence-corrected chi connectivity index (χ2v) is 5.76. The molecule has 2 unspecified atom stereocenters. The molecule has 19 heavy (non-hydrogen) atoms. The highest BCUT2D eigenvalue weighted by atomic mass is 16.3. The van der Waals surface area contributed by atoms with Gasteiger partial charge in [-0.15, -0.1) is 0 Å². The number of aliphatic hydroxyl groups is 1. The number of rotatable bonds is 3. The van der Waals surface area contributed by atoms with Crippen molar-refractivity contribution in [2.45, 2.75) is 69.7 Å². The second-order valence-electron chi connectivity index (χ2n) is 5.76. The zero-order valence-corrected chi connectivity index (χ0v) is 11.5. The molecule has 5 heteroatoms. The fourth-order valence-corrected chi connectivity index (χ4v) is 3.13. The van der Waals surface area contributed by atoms with E-state index >= 15 is 0 Å². The summed E-state index contributed by atoms with van der Waals surface area (Å²) in [6.45, 7) is 2.31. The van der Waals surface area contributed by atoms with Crippen molar-refractivity contribution in [3.8, 4) is 6.07 Å². The van der Waals surface area contributed by atoms with E-state index in [0.29, 0.717) is 12.6 Å². The average molecular weight is 265 g/mol. The molecule has 2 fully saturated rings. The maximum atomic E-state index is 12.2. The molecule has 0 aromatic rings. The van der Waals surface area contributed by atoms with E-state index in [0.717, 1.165) is 38.5 Å². The van der Waals surface area contributed by atoms with E-state index in [1.807, 2.05) is 6.92 Å². The molecule has 0 radical (unpaired) electrons. The van der Waals surface area contributed by atoms with Crippen molar-refractivity contribution in [1.82, 2.24) is 10.2 Å². The summed E-state index contributed by atoms with van der Waals surface area (Å²) in [5, 5.41) is 21.8. The minimum atomic E-state index is -0.252. The molecule has 0 aromatic carbocycles. The first-order chi connectivity index (χ1) is 9.11. The molecule has 2 aliphatic rings. The minimum absolute atomic E-state index is 0.0303. The zero-order valence-electron chi connectivity index (χ0n) is 11.5. The molecule has 106 valence electrons. The molecule has 1 saturated carbocycles. The first kappa shape index (κ1) is 14.3. The third kappa shape index (κ3) is 3.46. The third-order valence-corrected chi connectivity index (χ3v) is 4.34. The Balaban J connectivity index is 1.79. The highest BCUT2D eigenvalue weighted by molar-refractivity contribution is 5.79. The van der Waals surface area contributed by atoms with Crippen molar-refractivity contribution in [3.05, 3.63) is 0 Å². The topological polar surface area (TPSA) is 76.4 Å². The van der Waals surface area contributed by atoms with Crippen molar-refractivity contribution in [2.75, 3.05) is 6.54 Å². The summed E-state index contributed by atoms with van der Waals surface area (Å²) in [6, 6.07) is 2.46. The number of hydrogen-bond acceptors (Lipinski definition) is 4. The number of nitrogens with one attached hydrogen (secondary N) is 1. The van der Waals surface area contributed by atoms with Gasteiger partial charge >= 0.3 is 0 Å². The number of carbonyl (C=O) groups excluding carboxylic acids is 1. The van der Waals surface area contributed by atoms with Gasteiger partial charge in [0, 0.05) is 12.1 Å². The van der Waals surface area contributed by atoms with Crippen LogP contribution in [0, 0.1) is 11.3 Å². The van der Waals surface area contributed by atoms with Gasteiger partial charge in [0.15, 0.2) is 0 Å². The van der Waals surface area contributed by atoms with E-state index < -0.39 is 0 Å². The molecule has 1 saturated heterocycles. The van der Waals surface area contributed by atoms with Gasteiger partial charge in [-0.25, -0.2) is 0 Å². The lowest BCUT2D eigenvalue weighted by atomic mass is 9.93. The van der Waals surface area contributed by atoms with Gasteiger partial charge in [0.05, 0.1) is 18.7 Å². The highest BCUT2D eigenvalue weighted by Gasteiger charge is 2.34. The molecule has 2 atom stereocenters. The Kier molecular flexibility index (Phi) is 4.78. The van der Waals surface area contributed by atoms with Crippen LogP contribution < -0.4 is 5.32 Å². The van der Waals surface area contributed by atoms with Gasteiger partial charge in [0.1, 0.15) is 6.04 Å². The molecule has 0 bridgehead atoms. The summed E-state index contributed by atoms with van der Waals surface area (Å²) in [7, 11) is 0. The van der Waals surface area contributed by atoms with Crippen LogP contribution in [0.1, 0.15) is 45.4 Å². The zero-order chi connectivity index (χ0) is 13.8. The minimum Gasteiger partial charge on any atom is -0.393 e. The lowest BCUT2D eigenvalue weighted by Crippen LogP contribution is -2.46. The number of nitrogens with zero attached hydrogens (tertiary/aromatic N) is 2. The molecule has 1 heterocycles. The standard InChI is InChI=1S/C14H23N3O2/c1-10-2-5-12(8-15)17(10)14(19)9-16-11-3-6-13(18)7-4-11/h10-13,16,18H,2-7,9H2,1H3/t10?,11-,12?,13-. The molecule has 2 rings (SSSR count). The lowest BCUT2D eigenvalue weighted by molar-refractivity contribution is -0.132. The van der Waals surface area contributed by atoms with E-state index in [-0.39, 0.29) is 24.1 Å². The number of hydrogen-bond donors (Lipinski definition) is 2. The predicted octanol–water partition coefficient (Wildman–Crippen LogP) is 0.783. The van der Waals surface area contributed by atoms with Crippen LogP contribution in [-0.2, 0) is 4.79 Å². The van der Waals surface area contributed by atoms with E-state index in [1.54, 1.807) is 4.90 Å². The van der Waals surface area contributed by atoms with Crippen LogP contribution in [0.3, 0.4) is 0 Å². The largest absolute Gasteiger partial charge is 0.393 e. The first-order valence-corrected chi connectivity index (χ1v) is 7.24. The third-order valence-electron chi connectivity index (χ3n) is 4.34. The summed E-state index contributed by atoms with van der Waals surface area (Å²) in [4.78, 5) is 13.9. The number of likely N-dealkylation sites (tertiary alicyclic amines) is 1. The van der Waals surface area contributed by atoms with E-state index in [9.17, 15) is 9.90 Å². The van der Waals surface area contributed by atoms with Crippen LogP contribution in [0.4, 0.5) is 0 Å². The van der Waals surface area contributed by atoms with E-state index in [2.05, 4.69) is 11.4 Å². The Morgan fingerprint density at radius 1 is 1.32 bits per heavy atom. The van der Waals surface area contributed by atoms with Crippen LogP contribution in [-0.4, -0.2) is 46.7 Å². The van der Waals surface area contributed by atoms with Gasteiger partial charge < -0.3 is 15.3 Å². The van der Waals surface area contributed by atoms with Crippen molar-refractivity contribution in [2.24, 2.45) is 0 Å². The maximum Gasteiger partial charge on any atom is 0.237 e. The predicted molar refractivity (Wildman–Crippen MR) is 71.2 cm³/mol. The fraction of sp³-hybridized carbons (Fsp3) is 0.857. The summed E-state index contributed by atoms with van der Waals surface area (Å²) in [5.41, 5.74) is 0. The molecule has 0 spiro atoms. The van der Waals surface area contributed by atoms with E-state index in [1.165, 1.54) is 0 Å². The Hall–Kier alpha value is -1.12. The van der Waals surface area contributed by atoms with Gasteiger partial charge in [0.25, 0.3) is 0 Å². The lowest BCUT2D eigenvalue weighted by Gasteiger charge is -2.29. The summed E-state index contributed by atoms with van der Waals surface area (Å²) < 4.78 is 0. The van der Waals surface area contributed by atoms with Crippen LogP contribution in [0.5, 0.6) is 0 Å². The second kappa shape index (κ2) is 6.36. The molecular weight excluding hydrogens is 242 g/mol. The van der Waals surface area contributed by atoms with Crippen LogP contribution in [0.2, 0.25) is 0 Å². The Bertz CT molecular complexity index is 358. The summed E-state index contributed by atoms with van der Waals surface area (Å²) in [5.74, 6) is 0.0303. The van der Waals surface area contributed by atoms with Crippen molar-refractivity contribution in [3.63, 3.8) is 0 Å². The van der Waals surface area contributed by atoms with Gasteiger partial charge in [0.2, 0.25) is 5.91 Å². The molecule has 0 aromatic heterocycles. The van der Waals surface area contributed by atoms with Gasteiger partial charge in [-0.2, -0.15) is 5.26 Å². The number of amides is 1. The molecule has 5 nitrogen and oxygen atoms in total. The van der Waals surface area contributed by atoms with Gasteiger partial charge in [-0.05, 0) is 45.4 Å². The smallest absolute Gasteiger partial charge is 0.237 e. The average Bonchev–Trinajstić information content (AvgIpc) is 2.79. The SMILES string of the molecule is CC1CCC(C#N)N1C(=O)CN[C@H]1CC[C@H](O)CC1. The molecule has 1 aliphatic carbocycles. The van der Waals surface area contributed by atoms with Gasteiger partial charge in [-0.1, -0.05) is 0 Å². The van der Waals surface area contributed by atoms with Crippen molar-refractivity contribution in [1.29, 1.82) is 5.26 Å². The maximum absolute atomic E-state index is 12.2. The van der Waals surface area contributed by atoms with Gasteiger partial charge in [-0.3, -0.25) is 4.79 Å². The monoisotopic (exact) mass is 265 g/mol. The number of carbonyl (C=O) groups is 1. The normalized spacial score (nSPS) is 35.1. The Labute approximate surface area is 114 Å². The Morgan fingerprint density at radius 3 is 2.63 bits per heavy atom. The summed E-state index contributed by atoms with van der Waals surface area (Å²) >= 11 is 0. The number of aliphatic hydroxyl groups excluding tert-OH is 1. The molecular formula is C14H23N3O2. The highest BCUT2D eigenvalue weighted by Crippen LogP contribution is 2.23. The molecule has 2 N–H and O–H groups in total. The van der Waals surface area contributed by atoms with Crippen molar-refractivity contribution >= 4 is 5.91 Å². The number of nitriles is 1. The fourth-order valence-electron chi connectivity index (χ4n) is 3.13. The van der Waals surface area contributed by atoms with Crippen LogP contribution in [0.15, 0.2) is 0 Å². The van der Waals surface area contributed by atoms with Crippen molar-refractivity contribution < 1.29 is 9.90 Å². The summed E-state index contributed by atoms with van der Waals surface area (Å²) in [6.07, 6.45) is 5.01. The van der Waals surface area contributed by atoms with Crippen LogP contribution in [0.25, 0.3) is 0 Å². The quantitative estimate of drug-likeness (QED) is 0.790.